The zero-order valence-electron chi connectivity index (χ0n) is 10.1. The number of rotatable bonds is 4. The molecular weight excluding hydrogens is 301 g/mol. The maximum atomic E-state index is 13.1. The molecule has 0 amide bonds. The van der Waals surface area contributed by atoms with Crippen molar-refractivity contribution in [1.82, 2.24) is 5.32 Å². The average molecular weight is 316 g/mol. The molecule has 1 aromatic carbocycles. The Morgan fingerprint density at radius 3 is 3.00 bits per heavy atom. The molecule has 1 saturated heterocycles. The molecule has 0 saturated carbocycles. The van der Waals surface area contributed by atoms with Crippen LogP contribution in [-0.2, 0) is 16.0 Å². The number of Topliss-reactive ketones (excluding diaryl/α,β-unsaturated/α-hetero) is 1. The molecule has 1 fully saturated rings. The number of benzene rings is 1. The minimum absolute atomic E-state index is 0.110. The molecule has 1 aliphatic heterocycles. The van der Waals surface area contributed by atoms with Crippen LogP contribution in [0, 0.1) is 5.82 Å². The smallest absolute Gasteiger partial charge is 0.154 e. The summed E-state index contributed by atoms with van der Waals surface area (Å²) >= 11 is 3.12. The van der Waals surface area contributed by atoms with Crippen molar-refractivity contribution in [1.29, 1.82) is 0 Å². The van der Waals surface area contributed by atoms with Crippen LogP contribution in [0.25, 0.3) is 0 Å². The van der Waals surface area contributed by atoms with E-state index < -0.39 is 0 Å². The Hall–Kier alpha value is -0.780. The van der Waals surface area contributed by atoms with Gasteiger partial charge in [0.2, 0.25) is 0 Å². The highest BCUT2D eigenvalue weighted by molar-refractivity contribution is 9.10. The number of ketones is 1. The van der Waals surface area contributed by atoms with E-state index in [0.717, 1.165) is 5.56 Å². The number of hydrogen-bond donors (Lipinski definition) is 1. The second-order valence-electron chi connectivity index (χ2n) is 4.45. The first-order valence-corrected chi connectivity index (χ1v) is 6.62. The van der Waals surface area contributed by atoms with E-state index in [4.69, 9.17) is 4.74 Å². The molecule has 18 heavy (non-hydrogen) atoms. The fraction of sp³-hybridized carbons (Fsp3) is 0.462. The molecule has 1 N–H and O–H groups in total. The predicted molar refractivity (Wildman–Crippen MR) is 70.0 cm³/mol. The van der Waals surface area contributed by atoms with Gasteiger partial charge in [-0.3, -0.25) is 4.79 Å². The monoisotopic (exact) mass is 315 g/mol. The lowest BCUT2D eigenvalue weighted by atomic mass is 10.0. The summed E-state index contributed by atoms with van der Waals surface area (Å²) in [5.74, 6) is -0.197. The van der Waals surface area contributed by atoms with E-state index in [-0.39, 0.29) is 23.7 Å². The van der Waals surface area contributed by atoms with Crippen molar-refractivity contribution in [3.63, 3.8) is 0 Å². The van der Waals surface area contributed by atoms with Crippen LogP contribution >= 0.6 is 15.9 Å². The van der Waals surface area contributed by atoms with Crippen LogP contribution < -0.4 is 5.32 Å². The molecule has 2 unspecified atom stereocenters. The van der Waals surface area contributed by atoms with E-state index >= 15 is 0 Å². The van der Waals surface area contributed by atoms with Crippen LogP contribution in [0.5, 0.6) is 0 Å². The summed E-state index contributed by atoms with van der Waals surface area (Å²) < 4.78 is 18.7. The molecule has 0 aromatic heterocycles. The zero-order chi connectivity index (χ0) is 13.1. The van der Waals surface area contributed by atoms with Gasteiger partial charge in [0.25, 0.3) is 0 Å². The second kappa shape index (κ2) is 5.91. The molecule has 98 valence electrons. The lowest BCUT2D eigenvalue weighted by molar-refractivity contribution is -0.120. The maximum Gasteiger partial charge on any atom is 0.154 e. The van der Waals surface area contributed by atoms with Crippen LogP contribution in [0.2, 0.25) is 0 Å². The number of halogens is 2. The first kappa shape index (κ1) is 13.6. The van der Waals surface area contributed by atoms with Gasteiger partial charge in [0.05, 0.1) is 16.6 Å². The fourth-order valence-electron chi connectivity index (χ4n) is 2.10. The second-order valence-corrected chi connectivity index (χ2v) is 5.30. The standard InChI is InChI=1S/C13H15BrFNO2/c1-18-9-6-12(16-7-9)13(17)5-8-2-3-11(15)10(14)4-8/h2-4,9,12,16H,5-7H2,1H3. The Bertz CT molecular complexity index is 453. The molecule has 1 heterocycles. The number of nitrogens with one attached hydrogen (secondary N) is 1. The Labute approximate surface area is 114 Å². The summed E-state index contributed by atoms with van der Waals surface area (Å²) in [5, 5.41) is 3.14. The lowest BCUT2D eigenvalue weighted by Gasteiger charge is -2.09. The zero-order valence-corrected chi connectivity index (χ0v) is 11.7. The molecule has 1 aromatic rings. The molecule has 0 bridgehead atoms. The number of hydrogen-bond acceptors (Lipinski definition) is 3. The minimum Gasteiger partial charge on any atom is -0.380 e. The lowest BCUT2D eigenvalue weighted by Crippen LogP contribution is -2.31. The van der Waals surface area contributed by atoms with Crippen molar-refractivity contribution in [3.8, 4) is 0 Å². The third-order valence-corrected chi connectivity index (χ3v) is 3.78. The number of carbonyl (C=O) groups is 1. The predicted octanol–water partition coefficient (Wildman–Crippen LogP) is 2.08. The minimum atomic E-state index is -0.315. The molecule has 5 heteroatoms. The van der Waals surface area contributed by atoms with Gasteiger partial charge in [0, 0.05) is 20.1 Å². The number of carbonyl (C=O) groups excluding carboxylic acids is 1. The third kappa shape index (κ3) is 3.16. The molecule has 1 aliphatic rings. The van der Waals surface area contributed by atoms with E-state index in [1.807, 2.05) is 0 Å². The van der Waals surface area contributed by atoms with E-state index in [9.17, 15) is 9.18 Å². The van der Waals surface area contributed by atoms with Crippen molar-refractivity contribution < 1.29 is 13.9 Å². The van der Waals surface area contributed by atoms with Crippen molar-refractivity contribution >= 4 is 21.7 Å². The quantitative estimate of drug-likeness (QED) is 0.924. The maximum absolute atomic E-state index is 13.1. The Kier molecular flexibility index (Phi) is 4.48. The van der Waals surface area contributed by atoms with Crippen molar-refractivity contribution in [2.75, 3.05) is 13.7 Å². The van der Waals surface area contributed by atoms with Crippen molar-refractivity contribution in [3.05, 3.63) is 34.1 Å². The number of ether oxygens (including phenoxy) is 1. The van der Waals surface area contributed by atoms with Gasteiger partial charge in [-0.25, -0.2) is 4.39 Å². The summed E-state index contributed by atoms with van der Waals surface area (Å²) in [6, 6.07) is 4.50. The summed E-state index contributed by atoms with van der Waals surface area (Å²) in [6.45, 7) is 0.708. The topological polar surface area (TPSA) is 38.3 Å². The van der Waals surface area contributed by atoms with Gasteiger partial charge in [-0.15, -0.1) is 0 Å². The highest BCUT2D eigenvalue weighted by Crippen LogP contribution is 2.18. The van der Waals surface area contributed by atoms with Gasteiger partial charge in [-0.2, -0.15) is 0 Å². The molecule has 2 rings (SSSR count). The van der Waals surface area contributed by atoms with Crippen molar-refractivity contribution in [2.24, 2.45) is 0 Å². The van der Waals surface area contributed by atoms with E-state index in [0.29, 0.717) is 23.9 Å². The summed E-state index contributed by atoms with van der Waals surface area (Å²) in [5.41, 5.74) is 0.816. The van der Waals surface area contributed by atoms with Gasteiger partial charge >= 0.3 is 0 Å². The normalized spacial score (nSPS) is 23.3. The largest absolute Gasteiger partial charge is 0.380 e. The molecule has 0 spiro atoms. The molecule has 0 radical (unpaired) electrons. The Morgan fingerprint density at radius 1 is 1.61 bits per heavy atom. The van der Waals surface area contributed by atoms with E-state index in [1.165, 1.54) is 6.07 Å². The first-order chi connectivity index (χ1) is 8.60. The van der Waals surface area contributed by atoms with Gasteiger partial charge in [0.1, 0.15) is 5.82 Å². The highest BCUT2D eigenvalue weighted by atomic mass is 79.9. The SMILES string of the molecule is COC1CNC(C(=O)Cc2ccc(F)c(Br)c2)C1. The van der Waals surface area contributed by atoms with Gasteiger partial charge in [-0.1, -0.05) is 6.07 Å². The summed E-state index contributed by atoms with van der Waals surface area (Å²) in [4.78, 5) is 12.0. The highest BCUT2D eigenvalue weighted by Gasteiger charge is 2.28. The van der Waals surface area contributed by atoms with E-state index in [1.54, 1.807) is 19.2 Å². The summed E-state index contributed by atoms with van der Waals surface area (Å²) in [7, 11) is 1.65. The first-order valence-electron chi connectivity index (χ1n) is 5.83. The molecule has 0 aliphatic carbocycles. The average Bonchev–Trinajstić information content (AvgIpc) is 2.82. The van der Waals surface area contributed by atoms with Gasteiger partial charge in [-0.05, 0) is 40.0 Å². The molecular formula is C13H15BrFNO2. The van der Waals surface area contributed by atoms with Crippen LogP contribution in [0.15, 0.2) is 22.7 Å². The third-order valence-electron chi connectivity index (χ3n) is 3.17. The Balaban J connectivity index is 1.97. The van der Waals surface area contributed by atoms with Crippen LogP contribution in [-0.4, -0.2) is 31.6 Å². The van der Waals surface area contributed by atoms with Gasteiger partial charge < -0.3 is 10.1 Å². The molecule has 3 nitrogen and oxygen atoms in total. The Morgan fingerprint density at radius 2 is 2.39 bits per heavy atom. The number of methoxy groups -OCH3 is 1. The van der Waals surface area contributed by atoms with Crippen LogP contribution in [0.3, 0.4) is 0 Å². The van der Waals surface area contributed by atoms with E-state index in [2.05, 4.69) is 21.2 Å². The molecule has 2 atom stereocenters. The van der Waals surface area contributed by atoms with Crippen LogP contribution in [0.1, 0.15) is 12.0 Å². The fourth-order valence-corrected chi connectivity index (χ4v) is 2.53. The van der Waals surface area contributed by atoms with Crippen LogP contribution in [0.4, 0.5) is 4.39 Å². The summed E-state index contributed by atoms with van der Waals surface area (Å²) in [6.07, 6.45) is 1.13. The van der Waals surface area contributed by atoms with Crippen molar-refractivity contribution in [2.45, 2.75) is 25.0 Å². The van der Waals surface area contributed by atoms with Gasteiger partial charge in [0.15, 0.2) is 5.78 Å².